The Hall–Kier alpha value is -2.66. The third kappa shape index (κ3) is 5.52. The molecule has 2 aromatic carbocycles. The van der Waals surface area contributed by atoms with Crippen LogP contribution in [0.5, 0.6) is 0 Å². The van der Waals surface area contributed by atoms with Gasteiger partial charge in [0.1, 0.15) is 0 Å². The van der Waals surface area contributed by atoms with Crippen LogP contribution in [0.25, 0.3) is 0 Å². The summed E-state index contributed by atoms with van der Waals surface area (Å²) in [4.78, 5) is 24.6. The number of likely N-dealkylation sites (N-methyl/N-ethyl adjacent to an activating group) is 1. The molecule has 0 saturated heterocycles. The number of nitrogens with zero attached hydrogens (tertiary/aromatic N) is 1. The number of carboxylic acid groups (broad SMARTS) is 1. The fraction of sp³-hybridized carbons (Fsp3) is 0.263. The highest BCUT2D eigenvalue weighted by Crippen LogP contribution is 2.07. The lowest BCUT2D eigenvalue weighted by atomic mass is 10.1. The van der Waals surface area contributed by atoms with Crippen LogP contribution in [0, 0.1) is 0 Å². The van der Waals surface area contributed by atoms with Crippen molar-refractivity contribution < 1.29 is 19.4 Å². The first-order valence-corrected chi connectivity index (χ1v) is 7.74. The third-order valence-corrected chi connectivity index (χ3v) is 3.66. The second kappa shape index (κ2) is 8.84. The molecular weight excluding hydrogens is 306 g/mol. The highest BCUT2D eigenvalue weighted by atomic mass is 16.5. The maximum atomic E-state index is 12.1. The minimum absolute atomic E-state index is 0.0265. The van der Waals surface area contributed by atoms with Gasteiger partial charge in [0.2, 0.25) is 5.91 Å². The molecule has 0 unspecified atom stereocenters. The maximum Gasteiger partial charge on any atom is 0.335 e. The molecule has 5 nitrogen and oxygen atoms in total. The van der Waals surface area contributed by atoms with Crippen molar-refractivity contribution >= 4 is 11.9 Å². The van der Waals surface area contributed by atoms with E-state index in [1.165, 1.54) is 12.1 Å². The molecule has 0 aliphatic rings. The molecule has 0 heterocycles. The first-order chi connectivity index (χ1) is 11.6. The smallest absolute Gasteiger partial charge is 0.335 e. The van der Waals surface area contributed by atoms with Gasteiger partial charge in [-0.1, -0.05) is 42.5 Å². The summed E-state index contributed by atoms with van der Waals surface area (Å²) < 4.78 is 5.57. The number of carbonyl (C=O) groups is 2. The quantitative estimate of drug-likeness (QED) is 0.757. The van der Waals surface area contributed by atoms with E-state index in [0.29, 0.717) is 19.8 Å². The monoisotopic (exact) mass is 327 g/mol. The van der Waals surface area contributed by atoms with Gasteiger partial charge in [-0.15, -0.1) is 0 Å². The minimum Gasteiger partial charge on any atom is -0.478 e. The molecular formula is C19H21NO4. The first kappa shape index (κ1) is 17.7. The van der Waals surface area contributed by atoms with E-state index in [9.17, 15) is 9.59 Å². The SMILES string of the molecule is CN(CCOCc1ccccc1)C(=O)Cc1ccc(C(=O)O)cc1. The van der Waals surface area contributed by atoms with E-state index in [-0.39, 0.29) is 17.9 Å². The number of hydrogen-bond donors (Lipinski definition) is 1. The summed E-state index contributed by atoms with van der Waals surface area (Å²) in [6.07, 6.45) is 0.245. The molecule has 0 saturated carbocycles. The molecule has 5 heteroatoms. The van der Waals surface area contributed by atoms with Gasteiger partial charge in [0.25, 0.3) is 0 Å². The largest absolute Gasteiger partial charge is 0.478 e. The second-order valence-electron chi connectivity index (χ2n) is 5.53. The lowest BCUT2D eigenvalue weighted by Crippen LogP contribution is -2.31. The molecule has 126 valence electrons. The summed E-state index contributed by atoms with van der Waals surface area (Å²) in [6, 6.07) is 16.2. The molecule has 0 atom stereocenters. The van der Waals surface area contributed by atoms with Gasteiger partial charge in [-0.2, -0.15) is 0 Å². The van der Waals surface area contributed by atoms with Crippen molar-refractivity contribution in [1.82, 2.24) is 4.90 Å². The third-order valence-electron chi connectivity index (χ3n) is 3.66. The van der Waals surface area contributed by atoms with Gasteiger partial charge in [0, 0.05) is 13.6 Å². The number of amides is 1. The van der Waals surface area contributed by atoms with Gasteiger partial charge in [0.15, 0.2) is 0 Å². The van der Waals surface area contributed by atoms with Gasteiger partial charge >= 0.3 is 5.97 Å². The Labute approximate surface area is 141 Å². The Morgan fingerprint density at radius 3 is 2.29 bits per heavy atom. The van der Waals surface area contributed by atoms with Gasteiger partial charge in [-0.25, -0.2) is 4.79 Å². The van der Waals surface area contributed by atoms with Gasteiger partial charge in [-0.3, -0.25) is 4.79 Å². The Kier molecular flexibility index (Phi) is 6.51. The highest BCUT2D eigenvalue weighted by molar-refractivity contribution is 5.87. The van der Waals surface area contributed by atoms with E-state index >= 15 is 0 Å². The van der Waals surface area contributed by atoms with Crippen LogP contribution in [0.15, 0.2) is 54.6 Å². The molecule has 0 spiro atoms. The van der Waals surface area contributed by atoms with Crippen molar-refractivity contribution in [3.8, 4) is 0 Å². The predicted octanol–water partition coefficient (Wildman–Crippen LogP) is 2.60. The fourth-order valence-electron chi connectivity index (χ4n) is 2.17. The molecule has 0 aliphatic carbocycles. The van der Waals surface area contributed by atoms with Crippen molar-refractivity contribution in [3.05, 3.63) is 71.3 Å². The van der Waals surface area contributed by atoms with Gasteiger partial charge in [0.05, 0.1) is 25.2 Å². The van der Waals surface area contributed by atoms with Crippen molar-refractivity contribution in [2.45, 2.75) is 13.0 Å². The number of ether oxygens (including phenoxy) is 1. The molecule has 2 aromatic rings. The number of benzene rings is 2. The highest BCUT2D eigenvalue weighted by Gasteiger charge is 2.10. The summed E-state index contributed by atoms with van der Waals surface area (Å²) in [6.45, 7) is 1.51. The molecule has 1 amide bonds. The van der Waals surface area contributed by atoms with Crippen LogP contribution >= 0.6 is 0 Å². The van der Waals surface area contributed by atoms with Crippen molar-refractivity contribution in [1.29, 1.82) is 0 Å². The zero-order valence-corrected chi connectivity index (χ0v) is 13.6. The molecule has 2 rings (SSSR count). The molecule has 0 bridgehead atoms. The fourth-order valence-corrected chi connectivity index (χ4v) is 2.17. The summed E-state index contributed by atoms with van der Waals surface area (Å²) in [5, 5.41) is 8.86. The summed E-state index contributed by atoms with van der Waals surface area (Å²) >= 11 is 0. The summed E-state index contributed by atoms with van der Waals surface area (Å²) in [7, 11) is 1.74. The number of aromatic carboxylic acids is 1. The Bertz CT molecular complexity index is 668. The Morgan fingerprint density at radius 2 is 1.67 bits per heavy atom. The standard InChI is InChI=1S/C19H21NO4/c1-20(11-12-24-14-16-5-3-2-4-6-16)18(21)13-15-7-9-17(10-8-15)19(22)23/h2-10H,11-14H2,1H3,(H,22,23). The number of rotatable bonds is 8. The zero-order valence-electron chi connectivity index (χ0n) is 13.6. The van der Waals surface area contributed by atoms with Crippen LogP contribution in [0.3, 0.4) is 0 Å². The molecule has 0 aliphatic heterocycles. The van der Waals surface area contributed by atoms with Crippen LogP contribution in [0.4, 0.5) is 0 Å². The van der Waals surface area contributed by atoms with Crippen molar-refractivity contribution in [2.24, 2.45) is 0 Å². The Morgan fingerprint density at radius 1 is 1.00 bits per heavy atom. The summed E-state index contributed by atoms with van der Waals surface area (Å²) in [5.41, 5.74) is 2.11. The van der Waals surface area contributed by atoms with E-state index in [4.69, 9.17) is 9.84 Å². The maximum absolute atomic E-state index is 12.1. The van der Waals surface area contributed by atoms with E-state index in [2.05, 4.69) is 0 Å². The first-order valence-electron chi connectivity index (χ1n) is 7.74. The average Bonchev–Trinajstić information content (AvgIpc) is 2.60. The molecule has 0 aromatic heterocycles. The topological polar surface area (TPSA) is 66.8 Å². The van der Waals surface area contributed by atoms with Crippen molar-refractivity contribution in [3.63, 3.8) is 0 Å². The minimum atomic E-state index is -0.972. The van der Waals surface area contributed by atoms with Crippen LogP contribution in [0.2, 0.25) is 0 Å². The lowest BCUT2D eigenvalue weighted by molar-refractivity contribution is -0.129. The van der Waals surface area contributed by atoms with Gasteiger partial charge in [-0.05, 0) is 23.3 Å². The molecule has 0 radical (unpaired) electrons. The zero-order chi connectivity index (χ0) is 17.4. The predicted molar refractivity (Wildman–Crippen MR) is 90.8 cm³/mol. The number of hydrogen-bond acceptors (Lipinski definition) is 3. The van der Waals surface area contributed by atoms with E-state index in [1.54, 1.807) is 24.1 Å². The van der Waals surface area contributed by atoms with Crippen molar-refractivity contribution in [2.75, 3.05) is 20.2 Å². The lowest BCUT2D eigenvalue weighted by Gasteiger charge is -2.17. The number of carbonyl (C=O) groups excluding carboxylic acids is 1. The summed E-state index contributed by atoms with van der Waals surface area (Å²) in [5.74, 6) is -0.998. The van der Waals surface area contributed by atoms with Crippen LogP contribution in [-0.2, 0) is 22.6 Å². The second-order valence-corrected chi connectivity index (χ2v) is 5.53. The van der Waals surface area contributed by atoms with Crippen LogP contribution in [-0.4, -0.2) is 42.1 Å². The average molecular weight is 327 g/mol. The number of carboxylic acids is 1. The van der Waals surface area contributed by atoms with Gasteiger partial charge < -0.3 is 14.7 Å². The van der Waals surface area contributed by atoms with E-state index in [0.717, 1.165) is 11.1 Å². The Balaban J connectivity index is 1.72. The molecule has 1 N–H and O–H groups in total. The molecule has 0 fully saturated rings. The molecule has 24 heavy (non-hydrogen) atoms. The van der Waals surface area contributed by atoms with E-state index < -0.39 is 5.97 Å². The van der Waals surface area contributed by atoms with Crippen LogP contribution in [0.1, 0.15) is 21.5 Å². The normalized spacial score (nSPS) is 10.4. The van der Waals surface area contributed by atoms with Crippen LogP contribution < -0.4 is 0 Å². The van der Waals surface area contributed by atoms with E-state index in [1.807, 2.05) is 30.3 Å².